The maximum absolute atomic E-state index is 12.0. The van der Waals surface area contributed by atoms with Gasteiger partial charge in [-0.3, -0.25) is 9.59 Å². The minimum Gasteiger partial charge on any atom is -0.472 e. The molecule has 0 radical (unpaired) electrons. The van der Waals surface area contributed by atoms with Crippen molar-refractivity contribution in [2.24, 2.45) is 0 Å². The zero-order valence-electron chi connectivity index (χ0n) is 14.6. The molecule has 3 heteroatoms. The van der Waals surface area contributed by atoms with E-state index in [9.17, 15) is 9.59 Å². The Labute approximate surface area is 148 Å². The van der Waals surface area contributed by atoms with Crippen LogP contribution in [0.2, 0.25) is 0 Å². The molecule has 3 nitrogen and oxygen atoms in total. The molecule has 0 unspecified atom stereocenters. The van der Waals surface area contributed by atoms with Crippen LogP contribution in [0.4, 0.5) is 0 Å². The lowest BCUT2D eigenvalue weighted by molar-refractivity contribution is 0.103. The third-order valence-electron chi connectivity index (χ3n) is 3.89. The number of hydrogen-bond donors (Lipinski definition) is 0. The second-order valence-corrected chi connectivity index (χ2v) is 5.57. The predicted octanol–water partition coefficient (Wildman–Crippen LogP) is 4.92. The fraction of sp³-hybridized carbons (Fsp3) is 0.182. The van der Waals surface area contributed by atoms with E-state index in [4.69, 9.17) is 4.74 Å². The Hall–Kier alpha value is -2.94. The zero-order chi connectivity index (χ0) is 18.1. The van der Waals surface area contributed by atoms with E-state index < -0.39 is 0 Å². The van der Waals surface area contributed by atoms with E-state index in [0.717, 1.165) is 12.8 Å². The molecule has 0 aromatic heterocycles. The van der Waals surface area contributed by atoms with Crippen molar-refractivity contribution in [1.29, 1.82) is 0 Å². The highest BCUT2D eigenvalue weighted by Gasteiger charge is 2.02. The molecule has 0 saturated carbocycles. The van der Waals surface area contributed by atoms with Crippen LogP contribution in [0, 0.1) is 0 Å². The van der Waals surface area contributed by atoms with Crippen LogP contribution in [0.25, 0.3) is 0 Å². The molecule has 0 amide bonds. The summed E-state index contributed by atoms with van der Waals surface area (Å²) in [6, 6.07) is 14.9. The first-order chi connectivity index (χ1) is 12.1. The van der Waals surface area contributed by atoms with Gasteiger partial charge in [0.2, 0.25) is 0 Å². The summed E-state index contributed by atoms with van der Waals surface area (Å²) in [5, 5.41) is 0. The van der Waals surface area contributed by atoms with Gasteiger partial charge in [-0.2, -0.15) is 0 Å². The van der Waals surface area contributed by atoms with Crippen molar-refractivity contribution in [2.75, 3.05) is 0 Å². The van der Waals surface area contributed by atoms with Gasteiger partial charge < -0.3 is 4.74 Å². The molecule has 0 bridgehead atoms. The van der Waals surface area contributed by atoms with Crippen molar-refractivity contribution >= 4 is 11.6 Å². The predicted molar refractivity (Wildman–Crippen MR) is 99.7 cm³/mol. The normalized spacial score (nSPS) is 11.1. The molecule has 0 atom stereocenters. The third-order valence-corrected chi connectivity index (χ3v) is 3.89. The molecule has 2 aromatic carbocycles. The number of carbonyl (C=O) groups excluding carboxylic acids is 2. The Kier molecular flexibility index (Phi) is 6.90. The molecule has 0 aliphatic heterocycles. The lowest BCUT2D eigenvalue weighted by atomic mass is 10.1. The van der Waals surface area contributed by atoms with Crippen molar-refractivity contribution in [3.63, 3.8) is 0 Å². The highest BCUT2D eigenvalue weighted by molar-refractivity contribution is 6.05. The molecule has 25 heavy (non-hydrogen) atoms. The van der Waals surface area contributed by atoms with Gasteiger partial charge in [0.15, 0.2) is 11.6 Å². The Morgan fingerprint density at radius 3 is 1.40 bits per heavy atom. The summed E-state index contributed by atoms with van der Waals surface area (Å²) < 4.78 is 5.10. The Morgan fingerprint density at radius 2 is 1.08 bits per heavy atom. The molecule has 0 spiro atoms. The van der Waals surface area contributed by atoms with Gasteiger partial charge in [0.05, 0.1) is 12.5 Å². The van der Waals surface area contributed by atoms with E-state index in [1.165, 1.54) is 35.8 Å². The van der Waals surface area contributed by atoms with E-state index in [2.05, 4.69) is 13.8 Å². The van der Waals surface area contributed by atoms with Crippen molar-refractivity contribution in [1.82, 2.24) is 0 Å². The molecule has 0 heterocycles. The molecular formula is C22H22O3. The zero-order valence-corrected chi connectivity index (χ0v) is 14.6. The van der Waals surface area contributed by atoms with Crippen LogP contribution < -0.4 is 0 Å². The van der Waals surface area contributed by atoms with Gasteiger partial charge >= 0.3 is 0 Å². The van der Waals surface area contributed by atoms with Crippen molar-refractivity contribution in [3.05, 3.63) is 95.5 Å². The first-order valence-electron chi connectivity index (χ1n) is 8.39. The number of ether oxygens (including phenoxy) is 1. The van der Waals surface area contributed by atoms with Gasteiger partial charge in [-0.1, -0.05) is 62.4 Å². The quantitative estimate of drug-likeness (QED) is 0.391. The largest absolute Gasteiger partial charge is 0.472 e. The van der Waals surface area contributed by atoms with Crippen LogP contribution >= 0.6 is 0 Å². The summed E-state index contributed by atoms with van der Waals surface area (Å²) in [7, 11) is 0. The standard InChI is InChI=1S/C22H22O3/c1-3-17-5-9-19(10-6-17)21(23)13-15-25-16-14-22(24)20-11-7-18(4-2)8-12-20/h5-16H,3-4H2,1-2H3/b15-13-,16-14-. The maximum Gasteiger partial charge on any atom is 0.188 e. The lowest BCUT2D eigenvalue weighted by Crippen LogP contribution is -1.95. The lowest BCUT2D eigenvalue weighted by Gasteiger charge is -1.99. The molecule has 0 aliphatic carbocycles. The molecular weight excluding hydrogens is 312 g/mol. The molecule has 0 saturated heterocycles. The summed E-state index contributed by atoms with van der Waals surface area (Å²) in [5.41, 5.74) is 3.58. The number of benzene rings is 2. The molecule has 128 valence electrons. The minimum absolute atomic E-state index is 0.141. The average molecular weight is 334 g/mol. The van der Waals surface area contributed by atoms with E-state index in [-0.39, 0.29) is 11.6 Å². The van der Waals surface area contributed by atoms with Gasteiger partial charge in [-0.05, 0) is 24.0 Å². The second kappa shape index (κ2) is 9.38. The van der Waals surface area contributed by atoms with Gasteiger partial charge in [0.25, 0.3) is 0 Å². The van der Waals surface area contributed by atoms with Gasteiger partial charge in [0.1, 0.15) is 0 Å². The first-order valence-corrected chi connectivity index (χ1v) is 8.39. The Bertz CT molecular complexity index is 698. The molecule has 0 aliphatic rings. The number of ketones is 2. The molecule has 0 N–H and O–H groups in total. The van der Waals surface area contributed by atoms with E-state index >= 15 is 0 Å². The summed E-state index contributed by atoms with van der Waals surface area (Å²) in [6.45, 7) is 4.13. The number of carbonyl (C=O) groups is 2. The maximum atomic E-state index is 12.0. The highest BCUT2D eigenvalue weighted by atomic mass is 16.5. The van der Waals surface area contributed by atoms with Gasteiger partial charge in [0, 0.05) is 23.3 Å². The summed E-state index contributed by atoms with van der Waals surface area (Å²) in [5.74, 6) is -0.282. The monoisotopic (exact) mass is 334 g/mol. The number of rotatable bonds is 8. The SMILES string of the molecule is CCc1ccc(C(=O)/C=C\O/C=C\C(=O)c2ccc(CC)cc2)cc1. The van der Waals surface area contributed by atoms with Crippen LogP contribution in [0.5, 0.6) is 0 Å². The summed E-state index contributed by atoms with van der Waals surface area (Å²) in [6.07, 6.45) is 7.11. The summed E-state index contributed by atoms with van der Waals surface area (Å²) >= 11 is 0. The molecule has 2 aromatic rings. The number of allylic oxidation sites excluding steroid dienone is 2. The van der Waals surface area contributed by atoms with Gasteiger partial charge in [-0.15, -0.1) is 0 Å². The van der Waals surface area contributed by atoms with E-state index in [1.54, 1.807) is 24.3 Å². The molecule has 2 rings (SSSR count). The Balaban J connectivity index is 1.85. The van der Waals surface area contributed by atoms with Crippen LogP contribution in [-0.2, 0) is 17.6 Å². The van der Waals surface area contributed by atoms with Crippen molar-refractivity contribution in [3.8, 4) is 0 Å². The molecule has 0 fully saturated rings. The highest BCUT2D eigenvalue weighted by Crippen LogP contribution is 2.08. The smallest absolute Gasteiger partial charge is 0.188 e. The van der Waals surface area contributed by atoms with Crippen LogP contribution in [0.15, 0.2) is 73.2 Å². The average Bonchev–Trinajstić information content (AvgIpc) is 2.67. The van der Waals surface area contributed by atoms with Gasteiger partial charge in [-0.25, -0.2) is 0 Å². The first kappa shape index (κ1) is 18.4. The fourth-order valence-corrected chi connectivity index (χ4v) is 2.25. The van der Waals surface area contributed by atoms with Crippen LogP contribution in [-0.4, -0.2) is 11.6 Å². The van der Waals surface area contributed by atoms with E-state index in [1.807, 2.05) is 24.3 Å². The van der Waals surface area contributed by atoms with E-state index in [0.29, 0.717) is 11.1 Å². The van der Waals surface area contributed by atoms with Crippen LogP contribution in [0.3, 0.4) is 0 Å². The summed E-state index contributed by atoms with van der Waals surface area (Å²) in [4.78, 5) is 23.9. The number of hydrogen-bond acceptors (Lipinski definition) is 3. The Morgan fingerprint density at radius 1 is 0.720 bits per heavy atom. The second-order valence-electron chi connectivity index (χ2n) is 5.57. The third kappa shape index (κ3) is 5.57. The minimum atomic E-state index is -0.141. The fourth-order valence-electron chi connectivity index (χ4n) is 2.25. The van der Waals surface area contributed by atoms with Crippen molar-refractivity contribution < 1.29 is 14.3 Å². The van der Waals surface area contributed by atoms with Crippen LogP contribution in [0.1, 0.15) is 45.7 Å². The topological polar surface area (TPSA) is 43.4 Å². The van der Waals surface area contributed by atoms with Crippen molar-refractivity contribution in [2.45, 2.75) is 26.7 Å². The number of aryl methyl sites for hydroxylation is 2.